The first kappa shape index (κ1) is 9.01. The minimum absolute atomic E-state index is 0.945. The van der Waals surface area contributed by atoms with E-state index in [-0.39, 0.29) is 0 Å². The van der Waals surface area contributed by atoms with Gasteiger partial charge in [0.15, 0.2) is 0 Å². The van der Waals surface area contributed by atoms with Crippen LogP contribution in [0.4, 0.5) is 0 Å². The smallest absolute Gasteiger partial charge is 0.00940 e. The third-order valence-electron chi connectivity index (χ3n) is 2.49. The maximum Gasteiger partial charge on any atom is -0.00940 e. The molecule has 0 heterocycles. The third-order valence-corrected chi connectivity index (χ3v) is 2.49. The summed E-state index contributed by atoms with van der Waals surface area (Å²) >= 11 is 0. The largest absolute Gasteiger partial charge is 0.103 e. The Bertz CT molecular complexity index is 466. The molecule has 0 heteroatoms. The van der Waals surface area contributed by atoms with Gasteiger partial charge in [0.2, 0.25) is 0 Å². The van der Waals surface area contributed by atoms with E-state index in [4.69, 9.17) is 0 Å². The summed E-state index contributed by atoms with van der Waals surface area (Å²) in [5.41, 5.74) is 2.67. The van der Waals surface area contributed by atoms with Gasteiger partial charge in [-0.25, -0.2) is 0 Å². The predicted molar refractivity (Wildman–Crippen MR) is 62.6 cm³/mol. The average Bonchev–Trinajstić information content (AvgIpc) is 2.18. The van der Waals surface area contributed by atoms with E-state index in [0.717, 1.165) is 6.42 Å². The summed E-state index contributed by atoms with van der Waals surface area (Å²) in [7, 11) is 0. The Balaban J connectivity index is 2.68. The summed E-state index contributed by atoms with van der Waals surface area (Å²) in [6.45, 7) is 5.90. The lowest BCUT2D eigenvalue weighted by Crippen LogP contribution is -1.84. The first-order valence-electron chi connectivity index (χ1n) is 4.90. The molecular weight excluding hydrogens is 168 g/mol. The molecule has 0 saturated heterocycles. The van der Waals surface area contributed by atoms with Gasteiger partial charge in [-0.05, 0) is 29.7 Å². The Labute approximate surface area is 84.9 Å². The van der Waals surface area contributed by atoms with Crippen LogP contribution in [0.5, 0.6) is 0 Å². The van der Waals surface area contributed by atoms with E-state index in [0.29, 0.717) is 0 Å². The first-order valence-corrected chi connectivity index (χ1v) is 4.90. The van der Waals surface area contributed by atoms with Gasteiger partial charge in [0.05, 0.1) is 0 Å². The summed E-state index contributed by atoms with van der Waals surface area (Å²) in [6.07, 6.45) is 2.90. The highest BCUT2D eigenvalue weighted by atomic mass is 14.0. The second-order valence-electron chi connectivity index (χ2n) is 3.63. The molecule has 0 nitrogen and oxygen atoms in total. The standard InChI is InChI=1S/C14H14/c1-3-5-12-6-4-7-13-10-11(2)8-9-14(12)13/h3-4,6-10H,1,5H2,2H3. The van der Waals surface area contributed by atoms with E-state index in [2.05, 4.69) is 49.9 Å². The summed E-state index contributed by atoms with van der Waals surface area (Å²) in [6, 6.07) is 13.0. The van der Waals surface area contributed by atoms with Crippen molar-refractivity contribution in [3.8, 4) is 0 Å². The number of fused-ring (bicyclic) bond motifs is 1. The van der Waals surface area contributed by atoms with Gasteiger partial charge in [0.1, 0.15) is 0 Å². The fourth-order valence-electron chi connectivity index (χ4n) is 1.80. The van der Waals surface area contributed by atoms with Crippen LogP contribution in [-0.4, -0.2) is 0 Å². The number of hydrogen-bond acceptors (Lipinski definition) is 0. The minimum atomic E-state index is 0.945. The Hall–Kier alpha value is -1.56. The maximum atomic E-state index is 3.78. The Kier molecular flexibility index (Phi) is 2.36. The monoisotopic (exact) mass is 182 g/mol. The molecule has 0 aliphatic heterocycles. The number of benzene rings is 2. The van der Waals surface area contributed by atoms with Gasteiger partial charge >= 0.3 is 0 Å². The zero-order valence-corrected chi connectivity index (χ0v) is 8.46. The van der Waals surface area contributed by atoms with Crippen molar-refractivity contribution in [2.24, 2.45) is 0 Å². The van der Waals surface area contributed by atoms with Crippen molar-refractivity contribution in [1.29, 1.82) is 0 Å². The molecule has 0 fully saturated rings. The van der Waals surface area contributed by atoms with Crippen LogP contribution in [0.25, 0.3) is 10.8 Å². The quantitative estimate of drug-likeness (QED) is 0.618. The molecule has 0 amide bonds. The fraction of sp³-hybridized carbons (Fsp3) is 0.143. The molecule has 0 bridgehead atoms. The van der Waals surface area contributed by atoms with E-state index >= 15 is 0 Å². The van der Waals surface area contributed by atoms with Crippen molar-refractivity contribution < 1.29 is 0 Å². The summed E-state index contributed by atoms with van der Waals surface area (Å²) in [4.78, 5) is 0. The van der Waals surface area contributed by atoms with Gasteiger partial charge in [-0.1, -0.05) is 48.0 Å². The SMILES string of the molecule is C=CCc1cccc2cc(C)ccc12. The molecule has 2 aromatic carbocycles. The van der Waals surface area contributed by atoms with Crippen molar-refractivity contribution in [3.05, 3.63) is 60.2 Å². The lowest BCUT2D eigenvalue weighted by molar-refractivity contribution is 1.31. The van der Waals surface area contributed by atoms with Gasteiger partial charge < -0.3 is 0 Å². The number of allylic oxidation sites excluding steroid dienone is 1. The van der Waals surface area contributed by atoms with E-state index in [1.165, 1.54) is 21.9 Å². The minimum Gasteiger partial charge on any atom is -0.103 e. The molecular formula is C14H14. The van der Waals surface area contributed by atoms with E-state index < -0.39 is 0 Å². The zero-order chi connectivity index (χ0) is 9.97. The Morgan fingerprint density at radius 2 is 2.07 bits per heavy atom. The van der Waals surface area contributed by atoms with Crippen molar-refractivity contribution in [2.45, 2.75) is 13.3 Å². The van der Waals surface area contributed by atoms with Crippen LogP contribution in [0.15, 0.2) is 49.1 Å². The highest BCUT2D eigenvalue weighted by molar-refractivity contribution is 5.86. The maximum absolute atomic E-state index is 3.78. The van der Waals surface area contributed by atoms with Gasteiger partial charge in [0, 0.05) is 0 Å². The summed E-state index contributed by atoms with van der Waals surface area (Å²) in [5, 5.41) is 2.67. The van der Waals surface area contributed by atoms with Crippen LogP contribution in [0.2, 0.25) is 0 Å². The van der Waals surface area contributed by atoms with Crippen LogP contribution in [-0.2, 0) is 6.42 Å². The highest BCUT2D eigenvalue weighted by Gasteiger charge is 1.98. The van der Waals surface area contributed by atoms with Gasteiger partial charge in [-0.2, -0.15) is 0 Å². The second kappa shape index (κ2) is 3.67. The average molecular weight is 182 g/mol. The molecule has 70 valence electrons. The van der Waals surface area contributed by atoms with E-state index in [9.17, 15) is 0 Å². The molecule has 0 spiro atoms. The molecule has 2 rings (SSSR count). The van der Waals surface area contributed by atoms with Gasteiger partial charge in [-0.15, -0.1) is 6.58 Å². The topological polar surface area (TPSA) is 0 Å². The number of hydrogen-bond donors (Lipinski definition) is 0. The number of aryl methyl sites for hydroxylation is 1. The van der Waals surface area contributed by atoms with Crippen LogP contribution in [0.1, 0.15) is 11.1 Å². The lowest BCUT2D eigenvalue weighted by atomic mass is 10.0. The Morgan fingerprint density at radius 1 is 1.21 bits per heavy atom. The van der Waals surface area contributed by atoms with Crippen molar-refractivity contribution >= 4 is 10.8 Å². The molecule has 0 aromatic heterocycles. The summed E-state index contributed by atoms with van der Waals surface area (Å²) in [5.74, 6) is 0. The van der Waals surface area contributed by atoms with Crippen molar-refractivity contribution in [1.82, 2.24) is 0 Å². The van der Waals surface area contributed by atoms with Crippen LogP contribution < -0.4 is 0 Å². The lowest BCUT2D eigenvalue weighted by Gasteiger charge is -2.04. The van der Waals surface area contributed by atoms with Gasteiger partial charge in [0.25, 0.3) is 0 Å². The van der Waals surface area contributed by atoms with Crippen LogP contribution in [0.3, 0.4) is 0 Å². The molecule has 0 aliphatic rings. The highest BCUT2D eigenvalue weighted by Crippen LogP contribution is 2.20. The molecule has 2 aromatic rings. The van der Waals surface area contributed by atoms with E-state index in [1.54, 1.807) is 0 Å². The Morgan fingerprint density at radius 3 is 2.86 bits per heavy atom. The summed E-state index contributed by atoms with van der Waals surface area (Å²) < 4.78 is 0. The molecule has 0 radical (unpaired) electrons. The van der Waals surface area contributed by atoms with Crippen molar-refractivity contribution in [3.63, 3.8) is 0 Å². The zero-order valence-electron chi connectivity index (χ0n) is 8.46. The predicted octanol–water partition coefficient (Wildman–Crippen LogP) is 3.88. The molecule has 0 saturated carbocycles. The van der Waals surface area contributed by atoms with Gasteiger partial charge in [-0.3, -0.25) is 0 Å². The molecule has 0 aliphatic carbocycles. The van der Waals surface area contributed by atoms with Crippen LogP contribution >= 0.6 is 0 Å². The third kappa shape index (κ3) is 1.56. The fourth-order valence-corrected chi connectivity index (χ4v) is 1.80. The molecule has 14 heavy (non-hydrogen) atoms. The normalized spacial score (nSPS) is 10.4. The molecule has 0 atom stereocenters. The van der Waals surface area contributed by atoms with Crippen molar-refractivity contribution in [2.75, 3.05) is 0 Å². The number of rotatable bonds is 2. The first-order chi connectivity index (χ1) is 6.81. The van der Waals surface area contributed by atoms with E-state index in [1.807, 2.05) is 6.08 Å². The van der Waals surface area contributed by atoms with Crippen LogP contribution in [0, 0.1) is 6.92 Å². The molecule has 0 N–H and O–H groups in total. The second-order valence-corrected chi connectivity index (χ2v) is 3.63. The molecule has 0 unspecified atom stereocenters.